The Hall–Kier alpha value is -3.83. The number of rotatable bonds is 6. The van der Waals surface area contributed by atoms with E-state index in [4.69, 9.17) is 9.47 Å². The first-order valence-corrected chi connectivity index (χ1v) is 8.79. The molecule has 9 nitrogen and oxygen atoms in total. The maximum atomic E-state index is 13.2. The van der Waals surface area contributed by atoms with Crippen LogP contribution in [0.5, 0.6) is 17.5 Å². The lowest BCUT2D eigenvalue weighted by atomic mass is 10.0. The minimum absolute atomic E-state index is 0.00764. The van der Waals surface area contributed by atoms with Gasteiger partial charge in [0.25, 0.3) is 5.69 Å². The number of anilines is 1. The number of aromatic nitrogens is 2. The fourth-order valence-corrected chi connectivity index (χ4v) is 3.00. The molecule has 0 bridgehead atoms. The number of hydrogen-bond donors (Lipinski definition) is 2. The Morgan fingerprint density at radius 3 is 2.32 bits per heavy atom. The molecule has 2 N–H and O–H groups in total. The van der Waals surface area contributed by atoms with Gasteiger partial charge >= 0.3 is 12.2 Å². The van der Waals surface area contributed by atoms with E-state index in [0.717, 1.165) is 12.1 Å². The maximum Gasteiger partial charge on any atom is 0.416 e. The van der Waals surface area contributed by atoms with E-state index in [0.29, 0.717) is 23.0 Å². The summed E-state index contributed by atoms with van der Waals surface area (Å²) in [5.41, 5.74) is -1.55. The molecular weight excluding hydrogens is 421 g/mol. The van der Waals surface area contributed by atoms with Crippen LogP contribution >= 0.6 is 0 Å². The van der Waals surface area contributed by atoms with E-state index in [-0.39, 0.29) is 16.9 Å². The number of benzene rings is 2. The van der Waals surface area contributed by atoms with Crippen LogP contribution in [0.2, 0.25) is 0 Å². The van der Waals surface area contributed by atoms with Gasteiger partial charge in [0, 0.05) is 23.6 Å². The number of nitro groups is 1. The van der Waals surface area contributed by atoms with Crippen LogP contribution in [0.25, 0.3) is 10.9 Å². The van der Waals surface area contributed by atoms with Crippen molar-refractivity contribution in [3.63, 3.8) is 0 Å². The second-order valence-electron chi connectivity index (χ2n) is 6.53. The van der Waals surface area contributed by atoms with Crippen molar-refractivity contribution in [2.75, 3.05) is 19.5 Å². The molecule has 1 aromatic heterocycles. The van der Waals surface area contributed by atoms with Gasteiger partial charge < -0.3 is 19.9 Å². The van der Waals surface area contributed by atoms with Crippen molar-refractivity contribution in [2.45, 2.75) is 19.1 Å². The third-order valence-corrected chi connectivity index (χ3v) is 4.52. The molecular formula is C19H17F3N4O5. The largest absolute Gasteiger partial charge is 0.493 e. The molecule has 2 aromatic carbocycles. The molecule has 0 spiro atoms. The Balaban J connectivity index is 2.08. The number of aromatic hydroxyl groups is 1. The van der Waals surface area contributed by atoms with Crippen LogP contribution in [0.1, 0.15) is 24.1 Å². The summed E-state index contributed by atoms with van der Waals surface area (Å²) in [6.07, 6.45) is -4.76. The zero-order valence-corrected chi connectivity index (χ0v) is 16.5. The first-order chi connectivity index (χ1) is 14.5. The fraction of sp³-hybridized carbons (Fsp3) is 0.263. The summed E-state index contributed by atoms with van der Waals surface area (Å²) in [7, 11) is 2.84. The van der Waals surface area contributed by atoms with Gasteiger partial charge in [0.05, 0.1) is 36.3 Å². The SMILES string of the molecule is COc1cc2nc(O)nc(N[C@H](C)c3cc([N+](=O)[O-])cc(C(F)(F)F)c3)c2cc1OC. The van der Waals surface area contributed by atoms with Gasteiger partial charge in [0.1, 0.15) is 5.82 Å². The topological polar surface area (TPSA) is 120 Å². The van der Waals surface area contributed by atoms with Crippen LogP contribution in [-0.2, 0) is 6.18 Å². The van der Waals surface area contributed by atoms with Gasteiger partial charge in [-0.05, 0) is 24.6 Å². The lowest BCUT2D eigenvalue weighted by Crippen LogP contribution is -2.12. The summed E-state index contributed by atoms with van der Waals surface area (Å²) in [5.74, 6) is 0.784. The lowest BCUT2D eigenvalue weighted by Gasteiger charge is -2.18. The highest BCUT2D eigenvalue weighted by Crippen LogP contribution is 2.37. The molecule has 0 amide bonds. The first-order valence-electron chi connectivity index (χ1n) is 8.79. The number of nitrogens with one attached hydrogen (secondary N) is 1. The van der Waals surface area contributed by atoms with Gasteiger partial charge in [0.2, 0.25) is 0 Å². The number of ether oxygens (including phenoxy) is 2. The van der Waals surface area contributed by atoms with Gasteiger partial charge in [-0.2, -0.15) is 23.1 Å². The Morgan fingerprint density at radius 1 is 1.10 bits per heavy atom. The molecule has 0 unspecified atom stereocenters. The van der Waals surface area contributed by atoms with Crippen LogP contribution < -0.4 is 14.8 Å². The van der Waals surface area contributed by atoms with Crippen molar-refractivity contribution < 1.29 is 32.7 Å². The van der Waals surface area contributed by atoms with Crippen LogP contribution in [0.3, 0.4) is 0 Å². The Morgan fingerprint density at radius 2 is 1.74 bits per heavy atom. The van der Waals surface area contributed by atoms with E-state index >= 15 is 0 Å². The second-order valence-corrected chi connectivity index (χ2v) is 6.53. The molecule has 0 saturated heterocycles. The zero-order valence-electron chi connectivity index (χ0n) is 16.5. The molecule has 1 atom stereocenters. The van der Waals surface area contributed by atoms with Gasteiger partial charge in [-0.25, -0.2) is 0 Å². The highest BCUT2D eigenvalue weighted by atomic mass is 19.4. The number of nitro benzene ring substituents is 1. The molecule has 0 aliphatic rings. The summed E-state index contributed by atoms with van der Waals surface area (Å²) in [4.78, 5) is 18.0. The van der Waals surface area contributed by atoms with E-state index < -0.39 is 34.4 Å². The fourth-order valence-electron chi connectivity index (χ4n) is 3.00. The third kappa shape index (κ3) is 4.52. The normalized spacial score (nSPS) is 12.5. The number of non-ortho nitro benzene ring substituents is 1. The average molecular weight is 438 g/mol. The summed E-state index contributed by atoms with van der Waals surface area (Å²) in [6.45, 7) is 1.50. The van der Waals surface area contributed by atoms with Crippen molar-refractivity contribution >= 4 is 22.4 Å². The summed E-state index contributed by atoms with van der Waals surface area (Å²) in [6, 6.07) is 3.95. The van der Waals surface area contributed by atoms with Crippen molar-refractivity contribution in [3.05, 3.63) is 51.6 Å². The van der Waals surface area contributed by atoms with Gasteiger partial charge in [-0.1, -0.05) is 0 Å². The molecule has 1 heterocycles. The van der Waals surface area contributed by atoms with Crippen molar-refractivity contribution in [1.82, 2.24) is 9.97 Å². The van der Waals surface area contributed by atoms with Crippen LogP contribution in [0.4, 0.5) is 24.7 Å². The van der Waals surface area contributed by atoms with E-state index in [1.165, 1.54) is 33.3 Å². The quantitative estimate of drug-likeness (QED) is 0.428. The van der Waals surface area contributed by atoms with Crippen molar-refractivity contribution in [1.29, 1.82) is 0 Å². The number of alkyl halides is 3. The molecule has 12 heteroatoms. The third-order valence-electron chi connectivity index (χ3n) is 4.52. The monoisotopic (exact) mass is 438 g/mol. The van der Waals surface area contributed by atoms with Gasteiger partial charge in [-0.3, -0.25) is 10.1 Å². The molecule has 0 fully saturated rings. The molecule has 0 saturated carbocycles. The predicted octanol–water partition coefficient (Wildman–Crippen LogP) is 4.45. The number of fused-ring (bicyclic) bond motifs is 1. The van der Waals surface area contributed by atoms with Crippen LogP contribution in [-0.4, -0.2) is 34.2 Å². The van der Waals surface area contributed by atoms with E-state index in [9.17, 15) is 28.4 Å². The number of nitrogens with zero attached hydrogens (tertiary/aromatic N) is 3. The predicted molar refractivity (Wildman–Crippen MR) is 104 cm³/mol. The number of methoxy groups -OCH3 is 2. The van der Waals surface area contributed by atoms with E-state index in [2.05, 4.69) is 15.3 Å². The standard InChI is InChI=1S/C19H17F3N4O5/c1-9(10-4-11(19(20,21)22)6-12(5-10)26(28)29)23-17-13-7-15(30-2)16(31-3)8-14(13)24-18(27)25-17/h4-9H,1-3H3,(H2,23,24,25,27)/t9-/m1/s1. The Kier molecular flexibility index (Phi) is 5.73. The van der Waals surface area contributed by atoms with E-state index in [1.54, 1.807) is 0 Å². The van der Waals surface area contributed by atoms with Crippen LogP contribution in [0.15, 0.2) is 30.3 Å². The minimum Gasteiger partial charge on any atom is -0.493 e. The number of halogens is 3. The lowest BCUT2D eigenvalue weighted by molar-refractivity contribution is -0.385. The molecule has 0 radical (unpaired) electrons. The van der Waals surface area contributed by atoms with Gasteiger partial charge in [0.15, 0.2) is 11.5 Å². The summed E-state index contributed by atoms with van der Waals surface area (Å²) in [5, 5.41) is 24.3. The minimum atomic E-state index is -4.76. The molecule has 3 rings (SSSR count). The Bertz CT molecular complexity index is 1150. The highest BCUT2D eigenvalue weighted by Gasteiger charge is 2.33. The molecule has 3 aromatic rings. The van der Waals surface area contributed by atoms with Crippen molar-refractivity contribution in [3.8, 4) is 17.5 Å². The van der Waals surface area contributed by atoms with E-state index in [1.807, 2.05) is 0 Å². The molecule has 31 heavy (non-hydrogen) atoms. The average Bonchev–Trinajstić information content (AvgIpc) is 2.71. The first kappa shape index (κ1) is 21.9. The second kappa shape index (κ2) is 8.13. The van der Waals surface area contributed by atoms with Gasteiger partial charge in [-0.15, -0.1) is 0 Å². The molecule has 164 valence electrons. The smallest absolute Gasteiger partial charge is 0.416 e. The maximum absolute atomic E-state index is 13.2. The van der Waals surface area contributed by atoms with Crippen LogP contribution in [0, 0.1) is 10.1 Å². The zero-order chi connectivity index (χ0) is 22.9. The summed E-state index contributed by atoms with van der Waals surface area (Å²) < 4.78 is 50.0. The highest BCUT2D eigenvalue weighted by molar-refractivity contribution is 5.92. The molecule has 0 aliphatic carbocycles. The van der Waals surface area contributed by atoms with Crippen molar-refractivity contribution in [2.24, 2.45) is 0 Å². The molecule has 0 aliphatic heterocycles. The number of hydrogen-bond acceptors (Lipinski definition) is 8. The Labute approximate surface area is 173 Å². The summed E-state index contributed by atoms with van der Waals surface area (Å²) >= 11 is 0.